The lowest BCUT2D eigenvalue weighted by Crippen LogP contribution is -2.33. The van der Waals surface area contributed by atoms with Gasteiger partial charge in [0.15, 0.2) is 17.2 Å². The van der Waals surface area contributed by atoms with Gasteiger partial charge < -0.3 is 4.74 Å². The Morgan fingerprint density at radius 3 is 2.38 bits per heavy atom. The van der Waals surface area contributed by atoms with Crippen LogP contribution in [0.25, 0.3) is 0 Å². The molecule has 88 valence electrons. The van der Waals surface area contributed by atoms with Crippen molar-refractivity contribution in [2.75, 3.05) is 0 Å². The van der Waals surface area contributed by atoms with Gasteiger partial charge >= 0.3 is 0 Å². The molecular formula is C13H18O3. The van der Waals surface area contributed by atoms with Crippen LogP contribution >= 0.6 is 0 Å². The maximum atomic E-state index is 12.0. The Kier molecular flexibility index (Phi) is 2.26. The van der Waals surface area contributed by atoms with Crippen LogP contribution in [0.3, 0.4) is 0 Å². The van der Waals surface area contributed by atoms with E-state index in [1.165, 1.54) is 6.92 Å². The van der Waals surface area contributed by atoms with Crippen LogP contribution in [0.1, 0.15) is 47.0 Å². The molecule has 0 saturated heterocycles. The molecule has 0 bridgehead atoms. The van der Waals surface area contributed by atoms with Crippen molar-refractivity contribution >= 4 is 11.6 Å². The number of allylic oxidation sites excluding steroid dienone is 1. The van der Waals surface area contributed by atoms with Crippen molar-refractivity contribution in [2.24, 2.45) is 5.41 Å². The molecule has 1 atom stereocenters. The summed E-state index contributed by atoms with van der Waals surface area (Å²) in [5.41, 5.74) is -0.101. The van der Waals surface area contributed by atoms with Crippen molar-refractivity contribution in [3.8, 4) is 0 Å². The predicted octanol–water partition coefficient (Wildman–Crippen LogP) is 2.40. The number of ketones is 2. The fraction of sp³-hybridized carbons (Fsp3) is 0.692. The van der Waals surface area contributed by atoms with Crippen LogP contribution in [0.15, 0.2) is 11.3 Å². The van der Waals surface area contributed by atoms with Gasteiger partial charge in [-0.25, -0.2) is 0 Å². The fourth-order valence-electron chi connectivity index (χ4n) is 2.44. The predicted molar refractivity (Wildman–Crippen MR) is 59.8 cm³/mol. The van der Waals surface area contributed by atoms with E-state index in [4.69, 9.17) is 4.74 Å². The summed E-state index contributed by atoms with van der Waals surface area (Å²) in [6.45, 7) is 7.41. The Morgan fingerprint density at radius 1 is 1.19 bits per heavy atom. The summed E-state index contributed by atoms with van der Waals surface area (Å²) in [7, 11) is 0. The van der Waals surface area contributed by atoms with Crippen molar-refractivity contribution in [3.63, 3.8) is 0 Å². The topological polar surface area (TPSA) is 43.4 Å². The molecule has 0 saturated carbocycles. The normalized spacial score (nSPS) is 32.4. The van der Waals surface area contributed by atoms with Crippen molar-refractivity contribution < 1.29 is 14.3 Å². The minimum atomic E-state index is -0.805. The monoisotopic (exact) mass is 222 g/mol. The van der Waals surface area contributed by atoms with Crippen LogP contribution in [0, 0.1) is 5.41 Å². The molecule has 0 fully saturated rings. The lowest BCUT2D eigenvalue weighted by molar-refractivity contribution is -0.133. The second kappa shape index (κ2) is 3.19. The molecule has 0 aromatic carbocycles. The summed E-state index contributed by atoms with van der Waals surface area (Å²) >= 11 is 0. The highest BCUT2D eigenvalue weighted by molar-refractivity contribution is 6.00. The highest BCUT2D eigenvalue weighted by Gasteiger charge is 2.46. The van der Waals surface area contributed by atoms with Gasteiger partial charge in [-0.3, -0.25) is 9.59 Å². The number of hydrogen-bond donors (Lipinski definition) is 0. The molecule has 2 aliphatic rings. The van der Waals surface area contributed by atoms with Crippen molar-refractivity contribution in [1.29, 1.82) is 0 Å². The molecule has 1 aliphatic heterocycles. The summed E-state index contributed by atoms with van der Waals surface area (Å²) in [6, 6.07) is 0. The van der Waals surface area contributed by atoms with Gasteiger partial charge in [-0.05, 0) is 19.3 Å². The molecule has 0 radical (unpaired) electrons. The van der Waals surface area contributed by atoms with Crippen molar-refractivity contribution in [3.05, 3.63) is 11.3 Å². The highest BCUT2D eigenvalue weighted by Crippen LogP contribution is 2.46. The highest BCUT2D eigenvalue weighted by atomic mass is 16.5. The first-order chi connectivity index (χ1) is 7.23. The van der Waals surface area contributed by atoms with E-state index in [0.29, 0.717) is 12.8 Å². The van der Waals surface area contributed by atoms with Gasteiger partial charge in [-0.1, -0.05) is 13.8 Å². The van der Waals surface area contributed by atoms with E-state index in [-0.39, 0.29) is 17.0 Å². The maximum absolute atomic E-state index is 12.0. The van der Waals surface area contributed by atoms with E-state index in [9.17, 15) is 9.59 Å². The van der Waals surface area contributed by atoms with Crippen LogP contribution in [-0.2, 0) is 14.3 Å². The minimum Gasteiger partial charge on any atom is -0.483 e. The lowest BCUT2D eigenvalue weighted by atomic mass is 9.76. The second-order valence-electron chi connectivity index (χ2n) is 5.91. The molecule has 1 unspecified atom stereocenters. The molecule has 0 amide bonds. The number of ether oxygens (including phenoxy) is 1. The first-order valence-corrected chi connectivity index (χ1v) is 5.69. The third-order valence-electron chi connectivity index (χ3n) is 3.56. The molecule has 1 aliphatic carbocycles. The number of carbonyl (C=O) groups is 2. The van der Waals surface area contributed by atoms with E-state index >= 15 is 0 Å². The molecule has 2 rings (SSSR count). The number of rotatable bonds is 1. The van der Waals surface area contributed by atoms with Crippen molar-refractivity contribution in [2.45, 2.75) is 52.6 Å². The molecular weight excluding hydrogens is 204 g/mol. The minimum absolute atomic E-state index is 0.00694. The molecule has 16 heavy (non-hydrogen) atoms. The van der Waals surface area contributed by atoms with E-state index in [2.05, 4.69) is 13.8 Å². The summed E-state index contributed by atoms with van der Waals surface area (Å²) in [4.78, 5) is 23.5. The number of hydrogen-bond acceptors (Lipinski definition) is 3. The number of carbonyl (C=O) groups excluding carboxylic acids is 2. The average Bonchev–Trinajstić information content (AvgIpc) is 2.41. The summed E-state index contributed by atoms with van der Waals surface area (Å²) < 4.78 is 5.73. The third kappa shape index (κ3) is 1.68. The summed E-state index contributed by atoms with van der Waals surface area (Å²) in [6.07, 6.45) is 1.77. The zero-order valence-corrected chi connectivity index (χ0v) is 10.3. The Hall–Kier alpha value is -1.12. The van der Waals surface area contributed by atoms with E-state index in [0.717, 1.165) is 17.8 Å². The first-order valence-electron chi connectivity index (χ1n) is 5.69. The van der Waals surface area contributed by atoms with Crippen LogP contribution in [0.2, 0.25) is 0 Å². The fourth-order valence-corrected chi connectivity index (χ4v) is 2.44. The lowest BCUT2D eigenvalue weighted by Gasteiger charge is -2.29. The molecule has 0 N–H and O–H groups in total. The zero-order valence-electron chi connectivity index (χ0n) is 10.3. The Balaban J connectivity index is 2.30. The SMILES string of the molecule is CC(=O)C1(C)CC2=C(CC(C)(C)CC2=O)O1. The first kappa shape index (κ1) is 11.4. The van der Waals surface area contributed by atoms with Crippen LogP contribution < -0.4 is 0 Å². The molecule has 0 spiro atoms. The van der Waals surface area contributed by atoms with Gasteiger partial charge in [0.25, 0.3) is 0 Å². The van der Waals surface area contributed by atoms with Gasteiger partial charge in [0.1, 0.15) is 5.76 Å². The van der Waals surface area contributed by atoms with Gasteiger partial charge in [0, 0.05) is 24.8 Å². The van der Waals surface area contributed by atoms with Crippen LogP contribution in [-0.4, -0.2) is 17.2 Å². The van der Waals surface area contributed by atoms with E-state index in [1.807, 2.05) is 0 Å². The Labute approximate surface area is 95.9 Å². The summed E-state index contributed by atoms with van der Waals surface area (Å²) in [5, 5.41) is 0. The zero-order chi connectivity index (χ0) is 12.1. The average molecular weight is 222 g/mol. The van der Waals surface area contributed by atoms with E-state index in [1.54, 1.807) is 6.92 Å². The van der Waals surface area contributed by atoms with Crippen molar-refractivity contribution in [1.82, 2.24) is 0 Å². The Morgan fingerprint density at radius 2 is 1.81 bits per heavy atom. The molecule has 0 aromatic rings. The standard InChI is InChI=1S/C13H18O3/c1-8(14)13(4)5-9-10(15)6-12(2,3)7-11(9)16-13/h5-7H2,1-4H3. The Bertz CT molecular complexity index is 403. The van der Waals surface area contributed by atoms with Gasteiger partial charge in [-0.2, -0.15) is 0 Å². The smallest absolute Gasteiger partial charge is 0.173 e. The molecule has 0 aromatic heterocycles. The maximum Gasteiger partial charge on any atom is 0.173 e. The second-order valence-corrected chi connectivity index (χ2v) is 5.91. The quantitative estimate of drug-likeness (QED) is 0.684. The molecule has 1 heterocycles. The summed E-state index contributed by atoms with van der Waals surface area (Å²) in [5.74, 6) is 0.891. The van der Waals surface area contributed by atoms with Gasteiger partial charge in [-0.15, -0.1) is 0 Å². The van der Waals surface area contributed by atoms with Gasteiger partial charge in [0.2, 0.25) is 0 Å². The third-order valence-corrected chi connectivity index (χ3v) is 3.56. The van der Waals surface area contributed by atoms with E-state index < -0.39 is 5.60 Å². The molecule has 3 nitrogen and oxygen atoms in total. The number of Topliss-reactive ketones (excluding diaryl/α,β-unsaturated/α-hetero) is 2. The van der Waals surface area contributed by atoms with Gasteiger partial charge in [0.05, 0.1) is 0 Å². The van der Waals surface area contributed by atoms with Crippen LogP contribution in [0.4, 0.5) is 0 Å². The largest absolute Gasteiger partial charge is 0.483 e. The van der Waals surface area contributed by atoms with Crippen LogP contribution in [0.5, 0.6) is 0 Å². The molecule has 3 heteroatoms.